The van der Waals surface area contributed by atoms with E-state index in [2.05, 4.69) is 16.8 Å². The third-order valence-electron chi connectivity index (χ3n) is 1.91. The van der Waals surface area contributed by atoms with Crippen molar-refractivity contribution in [3.05, 3.63) is 7.05 Å². The summed E-state index contributed by atoms with van der Waals surface area (Å²) in [6, 6.07) is 0. The highest BCUT2D eigenvalue weighted by Gasteiger charge is 2.08. The fourth-order valence-corrected chi connectivity index (χ4v) is 1.20. The quantitative estimate of drug-likeness (QED) is 0.520. The van der Waals surface area contributed by atoms with E-state index < -0.39 is 0 Å². The summed E-state index contributed by atoms with van der Waals surface area (Å²) in [5.74, 6) is 0. The fraction of sp³-hybridized carbons (Fsp3) is 0.857. The normalized spacial score (nSPS) is 23.4. The van der Waals surface area contributed by atoms with Crippen LogP contribution in [0.25, 0.3) is 0 Å². The molecule has 0 radical (unpaired) electrons. The van der Waals surface area contributed by atoms with E-state index in [1.807, 2.05) is 0 Å². The van der Waals surface area contributed by atoms with Crippen molar-refractivity contribution >= 4 is 0 Å². The fourth-order valence-electron chi connectivity index (χ4n) is 1.20. The maximum absolute atomic E-state index is 5.42. The van der Waals surface area contributed by atoms with Crippen molar-refractivity contribution < 1.29 is 0 Å². The molecule has 0 aromatic rings. The number of nitrogens with two attached hydrogens (primary N) is 1. The summed E-state index contributed by atoms with van der Waals surface area (Å²) in [4.78, 5) is 4.48. The molecule has 60 valence electrons. The number of hydrogen-bond acceptors (Lipinski definition) is 3. The van der Waals surface area contributed by atoms with Crippen LogP contribution in [-0.2, 0) is 0 Å². The highest BCUT2D eigenvalue weighted by atomic mass is 15.2. The molecule has 0 atom stereocenters. The van der Waals surface area contributed by atoms with Gasteiger partial charge in [-0.15, -0.1) is 0 Å². The zero-order valence-corrected chi connectivity index (χ0v) is 6.42. The molecular formula is C7H16N3-. The molecule has 1 heterocycles. The number of rotatable bonds is 2. The van der Waals surface area contributed by atoms with E-state index in [4.69, 9.17) is 5.73 Å². The Bertz CT molecular complexity index is 86.9. The summed E-state index contributed by atoms with van der Waals surface area (Å²) in [5, 5.41) is 0. The van der Waals surface area contributed by atoms with Gasteiger partial charge < -0.3 is 10.6 Å². The zero-order chi connectivity index (χ0) is 7.40. The Morgan fingerprint density at radius 3 is 2.30 bits per heavy atom. The van der Waals surface area contributed by atoms with Crippen molar-refractivity contribution in [1.82, 2.24) is 9.80 Å². The van der Waals surface area contributed by atoms with Crippen LogP contribution in [-0.4, -0.2) is 49.1 Å². The van der Waals surface area contributed by atoms with Crippen LogP contribution >= 0.6 is 0 Å². The Morgan fingerprint density at radius 1 is 1.20 bits per heavy atom. The van der Waals surface area contributed by atoms with E-state index >= 15 is 0 Å². The monoisotopic (exact) mass is 142 g/mol. The van der Waals surface area contributed by atoms with Crippen LogP contribution in [0.15, 0.2) is 0 Å². The van der Waals surface area contributed by atoms with E-state index in [1.165, 1.54) is 0 Å². The molecule has 0 spiro atoms. The predicted octanol–water partition coefficient (Wildman–Crippen LogP) is -0.646. The van der Waals surface area contributed by atoms with Crippen LogP contribution in [0.2, 0.25) is 0 Å². The van der Waals surface area contributed by atoms with Gasteiger partial charge in [-0.3, -0.25) is 11.9 Å². The topological polar surface area (TPSA) is 32.5 Å². The second-order valence-corrected chi connectivity index (χ2v) is 2.75. The molecule has 1 saturated heterocycles. The Kier molecular flexibility index (Phi) is 3.12. The van der Waals surface area contributed by atoms with E-state index in [1.54, 1.807) is 0 Å². The molecule has 2 N–H and O–H groups in total. The second kappa shape index (κ2) is 3.91. The van der Waals surface area contributed by atoms with E-state index in [9.17, 15) is 0 Å². The molecule has 0 amide bonds. The standard InChI is InChI=1S/C7H16N3/c1-9-4-6-10(3-2-8)7-5-9/h1-8H2/q-1. The van der Waals surface area contributed by atoms with Crippen LogP contribution in [0.3, 0.4) is 0 Å². The summed E-state index contributed by atoms with van der Waals surface area (Å²) in [7, 11) is 3.87. The molecule has 1 aliphatic rings. The summed E-state index contributed by atoms with van der Waals surface area (Å²) >= 11 is 0. The van der Waals surface area contributed by atoms with Gasteiger partial charge in [0.25, 0.3) is 0 Å². The van der Waals surface area contributed by atoms with Crippen molar-refractivity contribution in [3.63, 3.8) is 0 Å². The molecule has 1 aliphatic heterocycles. The smallest absolute Gasteiger partial charge is 0.0106 e. The second-order valence-electron chi connectivity index (χ2n) is 2.75. The van der Waals surface area contributed by atoms with Gasteiger partial charge in [-0.1, -0.05) is 0 Å². The molecule has 3 heteroatoms. The van der Waals surface area contributed by atoms with Crippen molar-refractivity contribution in [2.24, 2.45) is 5.73 Å². The summed E-state index contributed by atoms with van der Waals surface area (Å²) in [6.07, 6.45) is 0. The predicted molar refractivity (Wildman–Crippen MR) is 42.4 cm³/mol. The average molecular weight is 142 g/mol. The van der Waals surface area contributed by atoms with Gasteiger partial charge in [0.2, 0.25) is 0 Å². The van der Waals surface area contributed by atoms with E-state index in [0.717, 1.165) is 39.3 Å². The van der Waals surface area contributed by atoms with Crippen LogP contribution in [0.4, 0.5) is 0 Å². The number of nitrogens with zero attached hydrogens (tertiary/aromatic N) is 2. The average Bonchev–Trinajstić information content (AvgIpc) is 1.95. The lowest BCUT2D eigenvalue weighted by Gasteiger charge is -2.36. The lowest BCUT2D eigenvalue weighted by atomic mass is 10.3. The molecule has 0 aliphatic carbocycles. The molecule has 0 aromatic carbocycles. The van der Waals surface area contributed by atoms with E-state index in [0.29, 0.717) is 0 Å². The highest BCUT2D eigenvalue weighted by Crippen LogP contribution is 1.97. The Hall–Kier alpha value is -0.120. The van der Waals surface area contributed by atoms with Gasteiger partial charge in [-0.05, 0) is 13.1 Å². The molecule has 0 aromatic heterocycles. The van der Waals surface area contributed by atoms with Crippen LogP contribution in [0.5, 0.6) is 0 Å². The molecule has 1 rings (SSSR count). The Morgan fingerprint density at radius 2 is 1.80 bits per heavy atom. The lowest BCUT2D eigenvalue weighted by molar-refractivity contribution is 0.170. The van der Waals surface area contributed by atoms with Gasteiger partial charge in [0.1, 0.15) is 0 Å². The summed E-state index contributed by atoms with van der Waals surface area (Å²) < 4.78 is 0. The first-order valence-corrected chi connectivity index (χ1v) is 3.81. The molecule has 0 bridgehead atoms. The Balaban J connectivity index is 2.13. The Labute approximate surface area is 62.8 Å². The highest BCUT2D eigenvalue weighted by molar-refractivity contribution is 4.70. The summed E-state index contributed by atoms with van der Waals surface area (Å²) in [5.41, 5.74) is 5.42. The SMILES string of the molecule is [CH2-]N1CCN(CCN)CC1. The van der Waals surface area contributed by atoms with Gasteiger partial charge in [0.15, 0.2) is 0 Å². The third kappa shape index (κ3) is 2.25. The molecule has 1 fully saturated rings. The first-order valence-electron chi connectivity index (χ1n) is 3.81. The van der Waals surface area contributed by atoms with Crippen molar-refractivity contribution in [2.75, 3.05) is 39.3 Å². The third-order valence-corrected chi connectivity index (χ3v) is 1.91. The van der Waals surface area contributed by atoms with Gasteiger partial charge in [0.05, 0.1) is 0 Å². The minimum absolute atomic E-state index is 0.775. The van der Waals surface area contributed by atoms with Crippen LogP contribution in [0, 0.1) is 7.05 Å². The minimum Gasteiger partial charge on any atom is -0.457 e. The van der Waals surface area contributed by atoms with Gasteiger partial charge in [0, 0.05) is 26.2 Å². The summed E-state index contributed by atoms with van der Waals surface area (Å²) in [6.45, 7) is 6.23. The van der Waals surface area contributed by atoms with Crippen molar-refractivity contribution in [3.8, 4) is 0 Å². The van der Waals surface area contributed by atoms with E-state index in [-0.39, 0.29) is 0 Å². The number of piperazine rings is 1. The largest absolute Gasteiger partial charge is 0.457 e. The van der Waals surface area contributed by atoms with Crippen LogP contribution < -0.4 is 5.73 Å². The van der Waals surface area contributed by atoms with Crippen LogP contribution in [0.1, 0.15) is 0 Å². The molecule has 10 heavy (non-hydrogen) atoms. The maximum Gasteiger partial charge on any atom is 0.0106 e. The first kappa shape index (κ1) is 7.98. The van der Waals surface area contributed by atoms with Gasteiger partial charge in [-0.2, -0.15) is 0 Å². The molecule has 0 unspecified atom stereocenters. The zero-order valence-electron chi connectivity index (χ0n) is 6.42. The molecule has 0 saturated carbocycles. The minimum atomic E-state index is 0.775. The maximum atomic E-state index is 5.42. The molecule has 3 nitrogen and oxygen atoms in total. The van der Waals surface area contributed by atoms with Crippen molar-refractivity contribution in [1.29, 1.82) is 0 Å². The van der Waals surface area contributed by atoms with Crippen molar-refractivity contribution in [2.45, 2.75) is 0 Å². The van der Waals surface area contributed by atoms with Gasteiger partial charge in [-0.25, -0.2) is 0 Å². The van der Waals surface area contributed by atoms with Gasteiger partial charge >= 0.3 is 0 Å². The number of hydrogen-bond donors (Lipinski definition) is 1. The first-order chi connectivity index (χ1) is 4.83. The lowest BCUT2D eigenvalue weighted by Crippen LogP contribution is -2.45. The molecular weight excluding hydrogens is 126 g/mol.